The molecule has 0 amide bonds. The molecule has 3 heteroatoms. The van der Waals surface area contributed by atoms with E-state index in [4.69, 9.17) is 0 Å². The first-order valence-corrected chi connectivity index (χ1v) is 5.49. The number of rotatable bonds is 3. The van der Waals surface area contributed by atoms with Gasteiger partial charge in [-0.15, -0.1) is 0 Å². The average Bonchev–Trinajstić information content (AvgIpc) is 2.82. The van der Waals surface area contributed by atoms with Crippen LogP contribution >= 0.6 is 11.3 Å². The molecular weight excluding hydrogens is 211 g/mol. The van der Waals surface area contributed by atoms with Gasteiger partial charge in [0.15, 0.2) is 6.17 Å². The number of carbonyl (C=O) groups is 1. The van der Waals surface area contributed by atoms with Gasteiger partial charge in [-0.05, 0) is 16.8 Å². The number of alkyl halides is 1. The van der Waals surface area contributed by atoms with E-state index in [-0.39, 0.29) is 0 Å². The molecule has 0 radical (unpaired) electrons. The molecule has 0 aliphatic heterocycles. The Kier molecular flexibility index (Phi) is 2.92. The summed E-state index contributed by atoms with van der Waals surface area (Å²) < 4.78 is 13.7. The van der Waals surface area contributed by atoms with Crippen LogP contribution < -0.4 is 0 Å². The van der Waals surface area contributed by atoms with Gasteiger partial charge >= 0.3 is 0 Å². The van der Waals surface area contributed by atoms with E-state index in [1.165, 1.54) is 11.3 Å². The highest BCUT2D eigenvalue weighted by molar-refractivity contribution is 7.08. The number of thiophene rings is 1. The lowest BCUT2D eigenvalue weighted by Crippen LogP contribution is -2.07. The van der Waals surface area contributed by atoms with Crippen molar-refractivity contribution >= 4 is 17.1 Å². The predicted octanol–water partition coefficient (Wildman–Crippen LogP) is 3.64. The summed E-state index contributed by atoms with van der Waals surface area (Å²) in [5.41, 5.74) is 0.852. The Bertz CT molecular complexity index is 436. The molecule has 0 N–H and O–H groups in total. The third-order valence-electron chi connectivity index (χ3n) is 2.12. The standard InChI is InChI=1S/C12H9FOS/c13-11(10-6-7-15-8-10)12(14)9-4-2-1-3-5-9/h1-8,11H. The summed E-state index contributed by atoms with van der Waals surface area (Å²) in [6.45, 7) is 0. The van der Waals surface area contributed by atoms with E-state index in [0.29, 0.717) is 11.1 Å². The number of halogens is 1. The number of carbonyl (C=O) groups excluding carboxylic acids is 1. The quantitative estimate of drug-likeness (QED) is 0.722. The lowest BCUT2D eigenvalue weighted by Gasteiger charge is -2.04. The van der Waals surface area contributed by atoms with Gasteiger partial charge in [0, 0.05) is 11.1 Å². The van der Waals surface area contributed by atoms with Crippen molar-refractivity contribution in [2.45, 2.75) is 6.17 Å². The molecule has 0 aliphatic rings. The molecule has 1 aromatic carbocycles. The van der Waals surface area contributed by atoms with Crippen molar-refractivity contribution < 1.29 is 9.18 Å². The zero-order chi connectivity index (χ0) is 10.7. The molecule has 1 atom stereocenters. The summed E-state index contributed by atoms with van der Waals surface area (Å²) >= 11 is 1.39. The molecule has 0 fully saturated rings. The summed E-state index contributed by atoms with van der Waals surface area (Å²) in [4.78, 5) is 11.7. The van der Waals surface area contributed by atoms with E-state index in [2.05, 4.69) is 0 Å². The molecule has 1 aromatic heterocycles. The van der Waals surface area contributed by atoms with E-state index >= 15 is 0 Å². The molecule has 0 bridgehead atoms. The van der Waals surface area contributed by atoms with Crippen molar-refractivity contribution in [1.82, 2.24) is 0 Å². The van der Waals surface area contributed by atoms with Gasteiger partial charge in [-0.1, -0.05) is 30.3 Å². The molecule has 0 saturated carbocycles. The number of hydrogen-bond acceptors (Lipinski definition) is 2. The monoisotopic (exact) mass is 220 g/mol. The van der Waals surface area contributed by atoms with Gasteiger partial charge in [0.05, 0.1) is 0 Å². The van der Waals surface area contributed by atoms with E-state index in [9.17, 15) is 9.18 Å². The lowest BCUT2D eigenvalue weighted by molar-refractivity contribution is 0.0878. The zero-order valence-electron chi connectivity index (χ0n) is 7.89. The van der Waals surface area contributed by atoms with Crippen LogP contribution in [0.25, 0.3) is 0 Å². The summed E-state index contributed by atoms with van der Waals surface area (Å²) in [6.07, 6.45) is -1.54. The van der Waals surface area contributed by atoms with Crippen molar-refractivity contribution in [3.63, 3.8) is 0 Å². The van der Waals surface area contributed by atoms with Crippen LogP contribution in [-0.4, -0.2) is 5.78 Å². The normalized spacial score (nSPS) is 12.3. The van der Waals surface area contributed by atoms with Gasteiger partial charge in [-0.3, -0.25) is 4.79 Å². The highest BCUT2D eigenvalue weighted by Gasteiger charge is 2.20. The molecule has 1 nitrogen and oxygen atoms in total. The average molecular weight is 220 g/mol. The first-order valence-electron chi connectivity index (χ1n) is 4.54. The Morgan fingerprint density at radius 1 is 1.20 bits per heavy atom. The minimum absolute atomic E-state index is 0.413. The van der Waals surface area contributed by atoms with Crippen LogP contribution in [0.4, 0.5) is 4.39 Å². The second kappa shape index (κ2) is 4.36. The van der Waals surface area contributed by atoms with Gasteiger partial charge in [-0.2, -0.15) is 11.3 Å². The van der Waals surface area contributed by atoms with Crippen molar-refractivity contribution in [2.24, 2.45) is 0 Å². The van der Waals surface area contributed by atoms with Gasteiger partial charge in [-0.25, -0.2) is 4.39 Å². The molecule has 1 unspecified atom stereocenters. The Morgan fingerprint density at radius 3 is 2.53 bits per heavy atom. The maximum Gasteiger partial charge on any atom is 0.201 e. The summed E-state index contributed by atoms with van der Waals surface area (Å²) in [7, 11) is 0. The van der Waals surface area contributed by atoms with Crippen LogP contribution in [-0.2, 0) is 0 Å². The van der Waals surface area contributed by atoms with Crippen LogP contribution in [0.2, 0.25) is 0 Å². The largest absolute Gasteiger partial charge is 0.290 e. The third kappa shape index (κ3) is 2.13. The van der Waals surface area contributed by atoms with Crippen LogP contribution in [0.15, 0.2) is 47.2 Å². The zero-order valence-corrected chi connectivity index (χ0v) is 8.71. The Labute approximate surface area is 91.2 Å². The van der Waals surface area contributed by atoms with Gasteiger partial charge in [0.1, 0.15) is 0 Å². The second-order valence-corrected chi connectivity index (χ2v) is 3.93. The number of ketones is 1. The smallest absolute Gasteiger partial charge is 0.201 e. The van der Waals surface area contributed by atoms with E-state index in [0.717, 1.165) is 0 Å². The minimum Gasteiger partial charge on any atom is -0.290 e. The second-order valence-electron chi connectivity index (χ2n) is 3.15. The number of Topliss-reactive ketones (excluding diaryl/α,β-unsaturated/α-hetero) is 1. The summed E-state index contributed by atoms with van der Waals surface area (Å²) in [5.74, 6) is -0.478. The van der Waals surface area contributed by atoms with Crippen LogP contribution in [0.1, 0.15) is 22.1 Å². The SMILES string of the molecule is O=C(c1ccccc1)C(F)c1ccsc1. The van der Waals surface area contributed by atoms with Crippen molar-refractivity contribution in [2.75, 3.05) is 0 Å². The molecule has 0 spiro atoms. The number of benzene rings is 1. The van der Waals surface area contributed by atoms with Crippen LogP contribution in [0, 0.1) is 0 Å². The molecule has 2 rings (SSSR count). The fraction of sp³-hybridized carbons (Fsp3) is 0.0833. The summed E-state index contributed by atoms with van der Waals surface area (Å²) in [6, 6.07) is 10.1. The Hall–Kier alpha value is -1.48. The van der Waals surface area contributed by atoms with Crippen molar-refractivity contribution in [3.8, 4) is 0 Å². The highest BCUT2D eigenvalue weighted by atomic mass is 32.1. The first kappa shape index (κ1) is 10.1. The van der Waals surface area contributed by atoms with Gasteiger partial charge in [0.2, 0.25) is 5.78 Å². The molecule has 1 heterocycles. The van der Waals surface area contributed by atoms with E-state index in [1.54, 1.807) is 47.2 Å². The maximum absolute atomic E-state index is 13.7. The fourth-order valence-electron chi connectivity index (χ4n) is 1.32. The van der Waals surface area contributed by atoms with E-state index < -0.39 is 12.0 Å². The predicted molar refractivity (Wildman–Crippen MR) is 58.9 cm³/mol. The van der Waals surface area contributed by atoms with Crippen molar-refractivity contribution in [1.29, 1.82) is 0 Å². The number of hydrogen-bond donors (Lipinski definition) is 0. The Balaban J connectivity index is 2.23. The molecule has 0 saturated heterocycles. The molecule has 2 aromatic rings. The molecule has 15 heavy (non-hydrogen) atoms. The maximum atomic E-state index is 13.7. The molecular formula is C12H9FOS. The molecule has 76 valence electrons. The van der Waals surface area contributed by atoms with Gasteiger partial charge in [0.25, 0.3) is 0 Å². The van der Waals surface area contributed by atoms with Crippen molar-refractivity contribution in [3.05, 3.63) is 58.3 Å². The van der Waals surface area contributed by atoms with Crippen LogP contribution in [0.3, 0.4) is 0 Å². The molecule has 0 aliphatic carbocycles. The fourth-order valence-corrected chi connectivity index (χ4v) is 1.99. The highest BCUT2D eigenvalue weighted by Crippen LogP contribution is 2.24. The minimum atomic E-state index is -1.54. The van der Waals surface area contributed by atoms with E-state index in [1.807, 2.05) is 0 Å². The van der Waals surface area contributed by atoms with Gasteiger partial charge < -0.3 is 0 Å². The third-order valence-corrected chi connectivity index (χ3v) is 2.83. The topological polar surface area (TPSA) is 17.1 Å². The first-order chi connectivity index (χ1) is 7.29. The van der Waals surface area contributed by atoms with Crippen LogP contribution in [0.5, 0.6) is 0 Å². The Morgan fingerprint density at radius 2 is 1.93 bits per heavy atom. The summed E-state index contributed by atoms with van der Waals surface area (Å²) in [5, 5.41) is 3.42. The lowest BCUT2D eigenvalue weighted by atomic mass is 10.0.